The second kappa shape index (κ2) is 4.37. The zero-order chi connectivity index (χ0) is 5.70. The number of hydrogen-bond donors (Lipinski definition) is 0. The predicted molar refractivity (Wildman–Crippen MR) is 35.7 cm³/mol. The Hall–Kier alpha value is 0.207. The van der Waals surface area contributed by atoms with Gasteiger partial charge < -0.3 is 4.43 Å². The molecule has 0 bridgehead atoms. The average molecular weight is 137 g/mol. The van der Waals surface area contributed by atoms with Crippen LogP contribution in [0.25, 0.3) is 0 Å². The van der Waals surface area contributed by atoms with Crippen molar-refractivity contribution in [2.75, 3.05) is 6.61 Å². The summed E-state index contributed by atoms with van der Waals surface area (Å²) in [5.74, 6) is 0. The first-order valence-corrected chi connectivity index (χ1v) is 3.32. The molecule has 0 aliphatic carbocycles. The summed E-state index contributed by atoms with van der Waals surface area (Å²) in [6.07, 6.45) is 1.67. The highest BCUT2D eigenvalue weighted by molar-refractivity contribution is 6.22. The summed E-state index contributed by atoms with van der Waals surface area (Å²) in [6, 6.07) is 0. The highest BCUT2D eigenvalue weighted by atomic mass is 35.5. The Kier molecular flexibility index (Phi) is 4.50. The Morgan fingerprint density at radius 2 is 2.57 bits per heavy atom. The lowest BCUT2D eigenvalue weighted by Gasteiger charge is -1.98. The van der Waals surface area contributed by atoms with Crippen LogP contribution in [0.5, 0.6) is 0 Å². The summed E-state index contributed by atoms with van der Waals surface area (Å²) in [4.78, 5) is 0. The molecule has 0 spiro atoms. The van der Waals surface area contributed by atoms with Gasteiger partial charge >= 0.3 is 0 Å². The predicted octanol–water partition coefficient (Wildman–Crippen LogP) is 0.0768. The highest BCUT2D eigenvalue weighted by Crippen LogP contribution is 1.94. The van der Waals surface area contributed by atoms with Crippen molar-refractivity contribution in [3.63, 3.8) is 0 Å². The number of halogens is 1. The molecular formula is C4H9ClOSi. The lowest BCUT2D eigenvalue weighted by atomic mass is 10.4. The molecule has 0 saturated heterocycles. The van der Waals surface area contributed by atoms with Crippen molar-refractivity contribution < 1.29 is 4.43 Å². The normalized spacial score (nSPS) is 13.9. The number of hydrogen-bond acceptors (Lipinski definition) is 1. The first-order chi connectivity index (χ1) is 3.31. The van der Waals surface area contributed by atoms with E-state index in [1.165, 1.54) is 0 Å². The van der Waals surface area contributed by atoms with E-state index in [2.05, 4.69) is 6.58 Å². The standard InChI is InChI=1S/C4H9ClOSi/c1-2-4(5)3-6-7/h2,4H,1,3H2,7H3. The van der Waals surface area contributed by atoms with Gasteiger partial charge in [-0.05, 0) is 0 Å². The second-order valence-electron chi connectivity index (χ2n) is 1.21. The van der Waals surface area contributed by atoms with Crippen LogP contribution in [-0.2, 0) is 4.43 Å². The molecular weight excluding hydrogens is 128 g/mol. The first kappa shape index (κ1) is 7.21. The molecule has 0 aliphatic heterocycles. The van der Waals surface area contributed by atoms with Gasteiger partial charge in [0.25, 0.3) is 0 Å². The van der Waals surface area contributed by atoms with Crippen molar-refractivity contribution in [2.45, 2.75) is 5.38 Å². The van der Waals surface area contributed by atoms with Gasteiger partial charge in [-0.15, -0.1) is 18.2 Å². The molecule has 0 rings (SSSR count). The van der Waals surface area contributed by atoms with Crippen LogP contribution >= 0.6 is 11.6 Å². The van der Waals surface area contributed by atoms with Crippen molar-refractivity contribution in [2.24, 2.45) is 0 Å². The third-order valence-electron chi connectivity index (χ3n) is 0.582. The van der Waals surface area contributed by atoms with Crippen LogP contribution in [0.3, 0.4) is 0 Å². The van der Waals surface area contributed by atoms with E-state index in [0.29, 0.717) is 6.61 Å². The van der Waals surface area contributed by atoms with Crippen molar-refractivity contribution in [3.05, 3.63) is 12.7 Å². The molecule has 0 aliphatic rings. The minimum atomic E-state index is -0.00231. The molecule has 1 atom stereocenters. The van der Waals surface area contributed by atoms with Crippen LogP contribution in [0.15, 0.2) is 12.7 Å². The van der Waals surface area contributed by atoms with Gasteiger partial charge in [-0.1, -0.05) is 6.08 Å². The Morgan fingerprint density at radius 3 is 2.71 bits per heavy atom. The summed E-state index contributed by atoms with van der Waals surface area (Å²) in [5, 5.41) is -0.00231. The molecule has 1 unspecified atom stereocenters. The molecule has 0 heterocycles. The summed E-state index contributed by atoms with van der Waals surface area (Å²) < 4.78 is 4.83. The van der Waals surface area contributed by atoms with E-state index in [1.807, 2.05) is 0 Å². The average Bonchev–Trinajstić information content (AvgIpc) is 1.68. The van der Waals surface area contributed by atoms with E-state index in [4.69, 9.17) is 16.0 Å². The minimum Gasteiger partial charge on any atom is -0.426 e. The van der Waals surface area contributed by atoms with Gasteiger partial charge in [0.05, 0.1) is 12.0 Å². The number of rotatable bonds is 3. The van der Waals surface area contributed by atoms with Gasteiger partial charge in [0, 0.05) is 0 Å². The molecule has 7 heavy (non-hydrogen) atoms. The molecule has 42 valence electrons. The SMILES string of the molecule is C=CC(Cl)CO[SiH3]. The van der Waals surface area contributed by atoms with Gasteiger partial charge in [0.2, 0.25) is 0 Å². The fourth-order valence-corrected chi connectivity index (χ4v) is 0.924. The van der Waals surface area contributed by atoms with Crippen LogP contribution in [0.2, 0.25) is 0 Å². The smallest absolute Gasteiger partial charge is 0.146 e. The lowest BCUT2D eigenvalue weighted by molar-refractivity contribution is 0.361. The summed E-state index contributed by atoms with van der Waals surface area (Å²) in [7, 11) is 0.759. The maximum Gasteiger partial charge on any atom is 0.146 e. The van der Waals surface area contributed by atoms with E-state index in [1.54, 1.807) is 6.08 Å². The van der Waals surface area contributed by atoms with E-state index in [0.717, 1.165) is 10.5 Å². The fourth-order valence-electron chi connectivity index (χ4n) is 0.227. The minimum absolute atomic E-state index is 0.00231. The van der Waals surface area contributed by atoms with E-state index in [-0.39, 0.29) is 5.38 Å². The van der Waals surface area contributed by atoms with Gasteiger partial charge in [-0.2, -0.15) is 0 Å². The van der Waals surface area contributed by atoms with Gasteiger partial charge in [0.15, 0.2) is 0 Å². The van der Waals surface area contributed by atoms with Gasteiger partial charge in [-0.25, -0.2) is 0 Å². The topological polar surface area (TPSA) is 9.23 Å². The maximum atomic E-state index is 5.54. The van der Waals surface area contributed by atoms with E-state index in [9.17, 15) is 0 Å². The summed E-state index contributed by atoms with van der Waals surface area (Å²) >= 11 is 5.54. The fraction of sp³-hybridized carbons (Fsp3) is 0.500. The first-order valence-electron chi connectivity index (χ1n) is 2.06. The summed E-state index contributed by atoms with van der Waals surface area (Å²) in [5.41, 5.74) is 0. The van der Waals surface area contributed by atoms with Crippen molar-refractivity contribution >= 4 is 22.1 Å². The third kappa shape index (κ3) is 4.05. The zero-order valence-corrected chi connectivity index (χ0v) is 7.11. The van der Waals surface area contributed by atoms with E-state index >= 15 is 0 Å². The van der Waals surface area contributed by atoms with Crippen molar-refractivity contribution in [3.8, 4) is 0 Å². The lowest BCUT2D eigenvalue weighted by Crippen LogP contribution is -2.02. The van der Waals surface area contributed by atoms with Crippen LogP contribution in [0, 0.1) is 0 Å². The Labute approximate surface area is 51.9 Å². The van der Waals surface area contributed by atoms with E-state index < -0.39 is 0 Å². The molecule has 3 heteroatoms. The van der Waals surface area contributed by atoms with Gasteiger partial charge in [-0.3, -0.25) is 0 Å². The molecule has 0 aromatic rings. The molecule has 0 aromatic heterocycles. The maximum absolute atomic E-state index is 5.54. The molecule has 0 fully saturated rings. The molecule has 0 amide bonds. The van der Waals surface area contributed by atoms with Gasteiger partial charge in [0.1, 0.15) is 10.5 Å². The molecule has 1 nitrogen and oxygen atoms in total. The second-order valence-corrected chi connectivity index (χ2v) is 2.34. The summed E-state index contributed by atoms with van der Waals surface area (Å²) in [6.45, 7) is 4.09. The van der Waals surface area contributed by atoms with Crippen LogP contribution in [-0.4, -0.2) is 22.5 Å². The molecule has 0 aromatic carbocycles. The van der Waals surface area contributed by atoms with Crippen LogP contribution in [0.1, 0.15) is 0 Å². The Morgan fingerprint density at radius 1 is 2.00 bits per heavy atom. The molecule has 0 N–H and O–H groups in total. The molecule has 0 radical (unpaired) electrons. The van der Waals surface area contributed by atoms with Crippen molar-refractivity contribution in [1.82, 2.24) is 0 Å². The monoisotopic (exact) mass is 136 g/mol. The number of alkyl halides is 1. The quantitative estimate of drug-likeness (QED) is 0.303. The van der Waals surface area contributed by atoms with Crippen molar-refractivity contribution in [1.29, 1.82) is 0 Å². The Balaban J connectivity index is 2.98. The largest absolute Gasteiger partial charge is 0.426 e. The highest BCUT2D eigenvalue weighted by Gasteiger charge is 1.92. The Bertz CT molecular complexity index is 57.7. The van der Waals surface area contributed by atoms with Crippen LogP contribution in [0.4, 0.5) is 0 Å². The molecule has 0 saturated carbocycles. The van der Waals surface area contributed by atoms with Crippen LogP contribution < -0.4 is 0 Å². The third-order valence-corrected chi connectivity index (χ3v) is 1.22. The zero-order valence-electron chi connectivity index (χ0n) is 4.36.